The Morgan fingerprint density at radius 2 is 2.10 bits per heavy atom. The lowest BCUT2D eigenvalue weighted by Crippen LogP contribution is -2.34. The van der Waals surface area contributed by atoms with Crippen LogP contribution in [0.4, 0.5) is 0 Å². The molecule has 2 rings (SSSR count). The summed E-state index contributed by atoms with van der Waals surface area (Å²) in [5, 5.41) is 3.67. The lowest BCUT2D eigenvalue weighted by molar-refractivity contribution is 0.131. The highest BCUT2D eigenvalue weighted by atomic mass is 16.5. The number of nitrogens with zero attached hydrogens (tertiary/aromatic N) is 1. The van der Waals surface area contributed by atoms with E-state index in [-0.39, 0.29) is 0 Å². The molecule has 3 nitrogen and oxygen atoms in total. The molecule has 1 fully saturated rings. The molecule has 1 heterocycles. The van der Waals surface area contributed by atoms with Gasteiger partial charge in [-0.3, -0.25) is 0 Å². The monoisotopic (exact) mass is 290 g/mol. The van der Waals surface area contributed by atoms with E-state index in [4.69, 9.17) is 4.74 Å². The Bertz CT molecular complexity index is 369. The molecule has 118 valence electrons. The molecule has 1 aliphatic heterocycles. The Balaban J connectivity index is 1.52. The number of benzene rings is 1. The fourth-order valence-corrected chi connectivity index (χ4v) is 2.86. The molecular formula is C18H30N2O. The van der Waals surface area contributed by atoms with Crippen LogP contribution < -0.4 is 5.32 Å². The standard InChI is InChI=1S/C18H30N2O/c1-2-14-21-15-6-11-19-18-10-13-20(16-18)12-9-17-7-4-3-5-8-17/h3-5,7-8,18-19H,2,6,9-16H2,1H3. The molecule has 3 heteroatoms. The minimum atomic E-state index is 0.673. The lowest BCUT2D eigenvalue weighted by Gasteiger charge is -2.16. The van der Waals surface area contributed by atoms with Crippen LogP contribution in [0, 0.1) is 0 Å². The Labute approximate surface area is 129 Å². The molecule has 1 atom stereocenters. The van der Waals surface area contributed by atoms with E-state index in [0.717, 1.165) is 32.6 Å². The van der Waals surface area contributed by atoms with Gasteiger partial charge in [-0.15, -0.1) is 0 Å². The summed E-state index contributed by atoms with van der Waals surface area (Å²) in [7, 11) is 0. The predicted molar refractivity (Wildman–Crippen MR) is 88.7 cm³/mol. The first kappa shape index (κ1) is 16.5. The average molecular weight is 290 g/mol. The van der Waals surface area contributed by atoms with Crippen LogP contribution in [0.25, 0.3) is 0 Å². The van der Waals surface area contributed by atoms with Gasteiger partial charge in [-0.05, 0) is 44.3 Å². The number of ether oxygens (including phenoxy) is 1. The average Bonchev–Trinajstić information content (AvgIpc) is 2.98. The van der Waals surface area contributed by atoms with Gasteiger partial charge in [-0.2, -0.15) is 0 Å². The van der Waals surface area contributed by atoms with E-state index in [1.165, 1.54) is 38.0 Å². The van der Waals surface area contributed by atoms with Crippen molar-refractivity contribution in [1.82, 2.24) is 10.2 Å². The molecule has 0 aromatic heterocycles. The van der Waals surface area contributed by atoms with Crippen molar-refractivity contribution in [3.8, 4) is 0 Å². The van der Waals surface area contributed by atoms with E-state index >= 15 is 0 Å². The zero-order valence-electron chi connectivity index (χ0n) is 13.4. The number of rotatable bonds is 10. The van der Waals surface area contributed by atoms with E-state index in [1.807, 2.05) is 0 Å². The van der Waals surface area contributed by atoms with Crippen LogP contribution in [0.1, 0.15) is 31.7 Å². The van der Waals surface area contributed by atoms with Crippen molar-refractivity contribution in [2.24, 2.45) is 0 Å². The quantitative estimate of drug-likeness (QED) is 0.671. The number of likely N-dealkylation sites (tertiary alicyclic amines) is 1. The van der Waals surface area contributed by atoms with Crippen LogP contribution in [0.2, 0.25) is 0 Å². The normalized spacial score (nSPS) is 19.2. The van der Waals surface area contributed by atoms with Gasteiger partial charge in [0, 0.05) is 32.3 Å². The molecule has 1 N–H and O–H groups in total. The molecule has 0 saturated carbocycles. The summed E-state index contributed by atoms with van der Waals surface area (Å²) in [5.74, 6) is 0. The Morgan fingerprint density at radius 1 is 1.24 bits per heavy atom. The molecule has 0 radical (unpaired) electrons. The van der Waals surface area contributed by atoms with Gasteiger partial charge >= 0.3 is 0 Å². The van der Waals surface area contributed by atoms with Crippen molar-refractivity contribution >= 4 is 0 Å². The van der Waals surface area contributed by atoms with Crippen LogP contribution in [-0.4, -0.2) is 50.3 Å². The van der Waals surface area contributed by atoms with Gasteiger partial charge in [0.2, 0.25) is 0 Å². The van der Waals surface area contributed by atoms with Gasteiger partial charge in [-0.1, -0.05) is 37.3 Å². The molecular weight excluding hydrogens is 260 g/mol. The fraction of sp³-hybridized carbons (Fsp3) is 0.667. The zero-order valence-corrected chi connectivity index (χ0v) is 13.4. The van der Waals surface area contributed by atoms with E-state index in [0.29, 0.717) is 6.04 Å². The number of nitrogens with one attached hydrogen (secondary N) is 1. The largest absolute Gasteiger partial charge is 0.381 e. The Morgan fingerprint density at radius 3 is 2.90 bits per heavy atom. The van der Waals surface area contributed by atoms with Crippen molar-refractivity contribution in [1.29, 1.82) is 0 Å². The molecule has 21 heavy (non-hydrogen) atoms. The highest BCUT2D eigenvalue weighted by molar-refractivity contribution is 5.14. The van der Waals surface area contributed by atoms with Gasteiger partial charge in [0.05, 0.1) is 0 Å². The summed E-state index contributed by atoms with van der Waals surface area (Å²) in [4.78, 5) is 2.58. The first-order valence-corrected chi connectivity index (χ1v) is 8.46. The molecule has 1 aromatic carbocycles. The van der Waals surface area contributed by atoms with Gasteiger partial charge in [0.1, 0.15) is 0 Å². The number of hydrogen-bond donors (Lipinski definition) is 1. The summed E-state index contributed by atoms with van der Waals surface area (Å²) >= 11 is 0. The molecule has 1 aliphatic rings. The highest BCUT2D eigenvalue weighted by Crippen LogP contribution is 2.10. The molecule has 1 saturated heterocycles. The maximum absolute atomic E-state index is 5.51. The van der Waals surface area contributed by atoms with Crippen molar-refractivity contribution < 1.29 is 4.74 Å². The van der Waals surface area contributed by atoms with Crippen molar-refractivity contribution in [3.05, 3.63) is 35.9 Å². The summed E-state index contributed by atoms with van der Waals surface area (Å²) < 4.78 is 5.51. The zero-order chi connectivity index (χ0) is 14.8. The third-order valence-corrected chi connectivity index (χ3v) is 4.08. The summed E-state index contributed by atoms with van der Waals surface area (Å²) in [5.41, 5.74) is 1.45. The van der Waals surface area contributed by atoms with Crippen LogP contribution in [0.15, 0.2) is 30.3 Å². The van der Waals surface area contributed by atoms with Crippen LogP contribution in [-0.2, 0) is 11.2 Å². The van der Waals surface area contributed by atoms with Crippen molar-refractivity contribution in [2.45, 2.75) is 38.6 Å². The van der Waals surface area contributed by atoms with Crippen molar-refractivity contribution in [3.63, 3.8) is 0 Å². The second kappa shape index (κ2) is 9.93. The van der Waals surface area contributed by atoms with Crippen LogP contribution in [0.3, 0.4) is 0 Å². The Kier molecular flexibility index (Phi) is 7.79. The van der Waals surface area contributed by atoms with Crippen LogP contribution >= 0.6 is 0 Å². The minimum absolute atomic E-state index is 0.673. The molecule has 1 aromatic rings. The van der Waals surface area contributed by atoms with E-state index in [9.17, 15) is 0 Å². The molecule has 0 aliphatic carbocycles. The highest BCUT2D eigenvalue weighted by Gasteiger charge is 2.21. The molecule has 0 spiro atoms. The summed E-state index contributed by atoms with van der Waals surface area (Å²) in [6, 6.07) is 11.5. The van der Waals surface area contributed by atoms with E-state index in [2.05, 4.69) is 47.5 Å². The number of hydrogen-bond acceptors (Lipinski definition) is 3. The van der Waals surface area contributed by atoms with Gasteiger partial charge in [0.25, 0.3) is 0 Å². The minimum Gasteiger partial charge on any atom is -0.381 e. The smallest absolute Gasteiger partial charge is 0.0478 e. The second-order valence-electron chi connectivity index (χ2n) is 5.94. The predicted octanol–water partition coefficient (Wildman–Crippen LogP) is 2.71. The maximum Gasteiger partial charge on any atom is 0.0478 e. The lowest BCUT2D eigenvalue weighted by atomic mass is 10.1. The summed E-state index contributed by atoms with van der Waals surface area (Å²) in [6.07, 6.45) is 4.69. The Hall–Kier alpha value is -0.900. The SMILES string of the molecule is CCCOCCCNC1CCN(CCc2ccccc2)C1. The van der Waals surface area contributed by atoms with Gasteiger partial charge < -0.3 is 15.0 Å². The van der Waals surface area contributed by atoms with Crippen LogP contribution in [0.5, 0.6) is 0 Å². The maximum atomic E-state index is 5.51. The third-order valence-electron chi connectivity index (χ3n) is 4.08. The second-order valence-corrected chi connectivity index (χ2v) is 5.94. The molecule has 1 unspecified atom stereocenters. The topological polar surface area (TPSA) is 24.5 Å². The van der Waals surface area contributed by atoms with Crippen molar-refractivity contribution in [2.75, 3.05) is 39.4 Å². The van der Waals surface area contributed by atoms with Gasteiger partial charge in [-0.25, -0.2) is 0 Å². The van der Waals surface area contributed by atoms with E-state index < -0.39 is 0 Å². The third kappa shape index (κ3) is 6.60. The first-order valence-electron chi connectivity index (χ1n) is 8.46. The fourth-order valence-electron chi connectivity index (χ4n) is 2.86. The van der Waals surface area contributed by atoms with Gasteiger partial charge in [0.15, 0.2) is 0 Å². The van der Waals surface area contributed by atoms with E-state index in [1.54, 1.807) is 0 Å². The molecule has 0 amide bonds. The first-order chi connectivity index (χ1) is 10.4. The molecule has 0 bridgehead atoms. The summed E-state index contributed by atoms with van der Waals surface area (Å²) in [6.45, 7) is 8.64.